The molecule has 0 unspecified atom stereocenters. The van der Waals surface area contributed by atoms with E-state index in [2.05, 4.69) is 11.2 Å². The summed E-state index contributed by atoms with van der Waals surface area (Å²) in [4.78, 5) is 20.1. The van der Waals surface area contributed by atoms with Gasteiger partial charge in [-0.2, -0.15) is 0 Å². The van der Waals surface area contributed by atoms with Crippen LogP contribution in [0.25, 0.3) is 0 Å². The van der Waals surface area contributed by atoms with Crippen molar-refractivity contribution in [3.8, 4) is 12.3 Å². The van der Waals surface area contributed by atoms with Crippen LogP contribution >= 0.6 is 0 Å². The minimum Gasteiger partial charge on any atom is -0.445 e. The normalized spacial score (nSPS) is 8.09. The number of carbonyl (C=O) groups is 2. The van der Waals surface area contributed by atoms with Gasteiger partial charge in [0.15, 0.2) is 6.61 Å². The van der Waals surface area contributed by atoms with Gasteiger partial charge in [-0.1, -0.05) is 14.9 Å². The van der Waals surface area contributed by atoms with Gasteiger partial charge in [-0.3, -0.25) is 4.79 Å². The maximum atomic E-state index is 11.2. The van der Waals surface area contributed by atoms with Crippen LogP contribution in [-0.4, -0.2) is 23.8 Å². The lowest BCUT2D eigenvalue weighted by Gasteiger charge is -1.98. The maximum absolute atomic E-state index is 11.2. The number of esters is 1. The molecule has 0 rings (SSSR count). The number of carbonyl (C=O) groups excluding carboxylic acids is 2. The standard InChI is InChI=1S/C5H3F2NO3/c1-2-3-11-5(10)4(9)8(6)7/h1H,3H2. The Labute approximate surface area is 60.6 Å². The van der Waals surface area contributed by atoms with Gasteiger partial charge >= 0.3 is 11.9 Å². The van der Waals surface area contributed by atoms with Crippen LogP contribution in [0.2, 0.25) is 0 Å². The summed E-state index contributed by atoms with van der Waals surface area (Å²) >= 11 is 0. The van der Waals surface area contributed by atoms with Gasteiger partial charge in [0.05, 0.1) is 0 Å². The molecule has 0 aliphatic carbocycles. The van der Waals surface area contributed by atoms with E-state index in [1.54, 1.807) is 0 Å². The molecule has 0 spiro atoms. The molecular formula is C5H3F2NO3. The topological polar surface area (TPSA) is 46.6 Å². The highest BCUT2D eigenvalue weighted by Crippen LogP contribution is 1.92. The lowest BCUT2D eigenvalue weighted by Crippen LogP contribution is -2.26. The predicted octanol–water partition coefficient (Wildman–Crippen LogP) is -0.240. The van der Waals surface area contributed by atoms with E-state index in [9.17, 15) is 18.6 Å². The Hall–Kier alpha value is -1.64. The molecule has 0 aromatic heterocycles. The summed E-state index contributed by atoms with van der Waals surface area (Å²) in [6.45, 7) is -0.502. The SMILES string of the molecule is C#CCOC(=O)C(=O)N(F)F. The molecule has 0 heterocycles. The summed E-state index contributed by atoms with van der Waals surface area (Å²) in [5.41, 5.74) is 0. The summed E-state index contributed by atoms with van der Waals surface area (Å²) in [6.07, 6.45) is 4.61. The smallest absolute Gasteiger partial charge is 0.403 e. The zero-order chi connectivity index (χ0) is 8.85. The highest BCUT2D eigenvalue weighted by molar-refractivity contribution is 6.31. The van der Waals surface area contributed by atoms with Crippen molar-refractivity contribution >= 4 is 11.9 Å². The molecule has 0 N–H and O–H groups in total. The number of rotatable bonds is 1. The van der Waals surface area contributed by atoms with Crippen LogP contribution in [0.15, 0.2) is 0 Å². The van der Waals surface area contributed by atoms with E-state index < -0.39 is 23.8 Å². The van der Waals surface area contributed by atoms with Gasteiger partial charge in [0, 0.05) is 5.34 Å². The third-order valence-electron chi connectivity index (χ3n) is 0.615. The third-order valence-corrected chi connectivity index (χ3v) is 0.615. The number of amides is 1. The molecule has 60 valence electrons. The first-order chi connectivity index (χ1) is 5.09. The molecule has 0 saturated carbocycles. The fraction of sp³-hybridized carbons (Fsp3) is 0.200. The van der Waals surface area contributed by atoms with Crippen LogP contribution in [0.1, 0.15) is 0 Å². The van der Waals surface area contributed by atoms with E-state index in [1.165, 1.54) is 0 Å². The molecule has 0 aromatic rings. The lowest BCUT2D eigenvalue weighted by atomic mass is 10.6. The Morgan fingerprint density at radius 2 is 2.09 bits per heavy atom. The largest absolute Gasteiger partial charge is 0.445 e. The summed E-state index contributed by atoms with van der Waals surface area (Å²) < 4.78 is 26.3. The second-order valence-electron chi connectivity index (χ2n) is 1.32. The molecule has 0 bridgehead atoms. The molecule has 0 radical (unpaired) electrons. The van der Waals surface area contributed by atoms with Gasteiger partial charge in [-0.25, -0.2) is 4.79 Å². The minimum absolute atomic E-state index is 0.502. The Kier molecular flexibility index (Phi) is 3.59. The predicted molar refractivity (Wildman–Crippen MR) is 28.9 cm³/mol. The van der Waals surface area contributed by atoms with Crippen molar-refractivity contribution in [1.82, 2.24) is 5.34 Å². The van der Waals surface area contributed by atoms with Crippen molar-refractivity contribution in [3.63, 3.8) is 0 Å². The number of hydrogen-bond donors (Lipinski definition) is 0. The summed E-state index contributed by atoms with van der Waals surface area (Å²) in [7, 11) is 0. The lowest BCUT2D eigenvalue weighted by molar-refractivity contribution is -0.196. The molecule has 0 aliphatic rings. The summed E-state index contributed by atoms with van der Waals surface area (Å²) in [5.74, 6) is -1.88. The van der Waals surface area contributed by atoms with Crippen molar-refractivity contribution in [2.75, 3.05) is 6.61 Å². The van der Waals surface area contributed by atoms with E-state index in [-0.39, 0.29) is 0 Å². The third kappa shape index (κ3) is 3.15. The first kappa shape index (κ1) is 9.36. The number of halogens is 2. The van der Waals surface area contributed by atoms with Crippen molar-refractivity contribution < 1.29 is 23.3 Å². The highest BCUT2D eigenvalue weighted by atomic mass is 19.4. The monoisotopic (exact) mass is 163 g/mol. The number of terminal acetylenes is 1. The van der Waals surface area contributed by atoms with Gasteiger partial charge in [0.2, 0.25) is 0 Å². The van der Waals surface area contributed by atoms with Gasteiger partial charge in [0.1, 0.15) is 0 Å². The number of ether oxygens (including phenoxy) is 1. The van der Waals surface area contributed by atoms with Crippen LogP contribution < -0.4 is 0 Å². The maximum Gasteiger partial charge on any atom is 0.403 e. The van der Waals surface area contributed by atoms with E-state index in [0.717, 1.165) is 0 Å². The molecular weight excluding hydrogens is 160 g/mol. The average Bonchev–Trinajstić information content (AvgIpc) is 1.98. The molecule has 4 nitrogen and oxygen atoms in total. The van der Waals surface area contributed by atoms with Crippen LogP contribution in [0.5, 0.6) is 0 Å². The zero-order valence-corrected chi connectivity index (χ0v) is 5.21. The van der Waals surface area contributed by atoms with E-state index in [1.807, 2.05) is 5.92 Å². The van der Waals surface area contributed by atoms with Crippen molar-refractivity contribution in [2.24, 2.45) is 0 Å². The molecule has 1 amide bonds. The van der Waals surface area contributed by atoms with E-state index in [0.29, 0.717) is 0 Å². The molecule has 0 atom stereocenters. The fourth-order valence-electron chi connectivity index (χ4n) is 0.238. The van der Waals surface area contributed by atoms with Gasteiger partial charge in [-0.05, 0) is 0 Å². The molecule has 0 aromatic carbocycles. The molecule has 0 saturated heterocycles. The second-order valence-corrected chi connectivity index (χ2v) is 1.32. The Morgan fingerprint density at radius 1 is 1.55 bits per heavy atom. The Bertz CT molecular complexity index is 208. The average molecular weight is 163 g/mol. The van der Waals surface area contributed by atoms with E-state index in [4.69, 9.17) is 0 Å². The molecule has 11 heavy (non-hydrogen) atoms. The first-order valence-corrected chi connectivity index (χ1v) is 2.35. The highest BCUT2D eigenvalue weighted by Gasteiger charge is 2.23. The van der Waals surface area contributed by atoms with Gasteiger partial charge < -0.3 is 4.74 Å². The van der Waals surface area contributed by atoms with Gasteiger partial charge in [0.25, 0.3) is 0 Å². The van der Waals surface area contributed by atoms with Crippen LogP contribution in [-0.2, 0) is 14.3 Å². The van der Waals surface area contributed by atoms with Crippen LogP contribution in [0.4, 0.5) is 8.96 Å². The zero-order valence-electron chi connectivity index (χ0n) is 5.21. The number of hydrogen-bond acceptors (Lipinski definition) is 3. The fourth-order valence-corrected chi connectivity index (χ4v) is 0.238. The van der Waals surface area contributed by atoms with Crippen LogP contribution in [0, 0.1) is 12.3 Å². The van der Waals surface area contributed by atoms with Crippen LogP contribution in [0.3, 0.4) is 0 Å². The van der Waals surface area contributed by atoms with E-state index >= 15 is 0 Å². The minimum atomic E-state index is -2.04. The Balaban J connectivity index is 3.86. The van der Waals surface area contributed by atoms with Crippen molar-refractivity contribution in [1.29, 1.82) is 0 Å². The van der Waals surface area contributed by atoms with Crippen molar-refractivity contribution in [2.45, 2.75) is 0 Å². The quantitative estimate of drug-likeness (QED) is 0.232. The van der Waals surface area contributed by atoms with Gasteiger partial charge in [-0.15, -0.1) is 6.42 Å². The second kappa shape index (κ2) is 4.22. The Morgan fingerprint density at radius 3 is 2.45 bits per heavy atom. The molecule has 0 aliphatic heterocycles. The number of nitrogens with zero attached hydrogens (tertiary/aromatic N) is 1. The first-order valence-electron chi connectivity index (χ1n) is 2.35. The summed E-state index contributed by atoms with van der Waals surface area (Å²) in [6, 6.07) is 0. The molecule has 6 heteroatoms. The van der Waals surface area contributed by atoms with Crippen molar-refractivity contribution in [3.05, 3.63) is 0 Å². The molecule has 0 fully saturated rings. The summed E-state index contributed by atoms with van der Waals surface area (Å²) in [5, 5.41) is -1.88.